The summed E-state index contributed by atoms with van der Waals surface area (Å²) in [5, 5.41) is 0. The molecule has 128 valence electrons. The van der Waals surface area contributed by atoms with Gasteiger partial charge in [0.2, 0.25) is 6.10 Å². The van der Waals surface area contributed by atoms with Gasteiger partial charge in [-0.1, -0.05) is 48.0 Å². The summed E-state index contributed by atoms with van der Waals surface area (Å²) in [6.07, 6.45) is -0.890. The van der Waals surface area contributed by atoms with Gasteiger partial charge in [-0.05, 0) is 19.9 Å². The first-order chi connectivity index (χ1) is 12.0. The summed E-state index contributed by atoms with van der Waals surface area (Å²) in [4.78, 5) is 36.9. The molecule has 5 heteroatoms. The molecule has 5 nitrogen and oxygen atoms in total. The lowest BCUT2D eigenvalue weighted by atomic mass is 9.98. The Kier molecular flexibility index (Phi) is 4.65. The summed E-state index contributed by atoms with van der Waals surface area (Å²) in [5.74, 6) is -1.52. The van der Waals surface area contributed by atoms with Crippen LogP contribution in [0.1, 0.15) is 45.2 Å². The molecule has 0 N–H and O–H groups in total. The number of rotatable bonds is 4. The highest BCUT2D eigenvalue weighted by molar-refractivity contribution is 6.14. The smallest absolute Gasteiger partial charge is 0.347 e. The van der Waals surface area contributed by atoms with Gasteiger partial charge >= 0.3 is 11.9 Å². The maximum atomic E-state index is 12.7. The molecule has 0 saturated carbocycles. The van der Waals surface area contributed by atoms with Gasteiger partial charge in [0.15, 0.2) is 5.78 Å². The number of carbonyl (C=O) groups is 3. The number of hydrogen-bond acceptors (Lipinski definition) is 5. The molecule has 3 rings (SSSR count). The van der Waals surface area contributed by atoms with Crippen molar-refractivity contribution in [2.24, 2.45) is 0 Å². The first-order valence-electron chi connectivity index (χ1n) is 8.07. The molecule has 2 atom stereocenters. The highest BCUT2D eigenvalue weighted by atomic mass is 16.6. The monoisotopic (exact) mass is 338 g/mol. The van der Waals surface area contributed by atoms with Gasteiger partial charge in [-0.2, -0.15) is 0 Å². The zero-order chi connectivity index (χ0) is 18.0. The summed E-state index contributed by atoms with van der Waals surface area (Å²) in [7, 11) is 0. The largest absolute Gasteiger partial charge is 0.460 e. The Balaban J connectivity index is 1.85. The Labute approximate surface area is 145 Å². The van der Waals surface area contributed by atoms with E-state index in [1.807, 2.05) is 19.1 Å². The van der Waals surface area contributed by atoms with Crippen molar-refractivity contribution in [2.45, 2.75) is 32.5 Å². The van der Waals surface area contributed by atoms with Crippen molar-refractivity contribution >= 4 is 17.7 Å². The van der Waals surface area contributed by atoms with E-state index < -0.39 is 18.0 Å². The Morgan fingerprint density at radius 3 is 2.28 bits per heavy atom. The van der Waals surface area contributed by atoms with E-state index >= 15 is 0 Å². The fraction of sp³-hybridized carbons (Fsp3) is 0.250. The molecule has 0 amide bonds. The number of esters is 2. The molecule has 25 heavy (non-hydrogen) atoms. The zero-order valence-corrected chi connectivity index (χ0v) is 14.0. The van der Waals surface area contributed by atoms with Crippen LogP contribution in [0.15, 0.2) is 48.5 Å². The number of aryl methyl sites for hydroxylation is 1. The number of ether oxygens (including phenoxy) is 2. The van der Waals surface area contributed by atoms with Gasteiger partial charge < -0.3 is 9.47 Å². The molecule has 0 aromatic heterocycles. The van der Waals surface area contributed by atoms with E-state index in [0.29, 0.717) is 12.0 Å². The Bertz CT molecular complexity index is 822. The fourth-order valence-electron chi connectivity index (χ4n) is 2.73. The lowest BCUT2D eigenvalue weighted by Gasteiger charge is -2.11. The van der Waals surface area contributed by atoms with Crippen molar-refractivity contribution in [3.8, 4) is 0 Å². The van der Waals surface area contributed by atoms with E-state index in [4.69, 9.17) is 9.47 Å². The van der Waals surface area contributed by atoms with Crippen LogP contribution in [-0.2, 0) is 14.3 Å². The van der Waals surface area contributed by atoms with Crippen LogP contribution in [0.3, 0.4) is 0 Å². The molecule has 1 aliphatic rings. The number of hydrogen-bond donors (Lipinski definition) is 0. The SMILES string of the molecule is Cc1ccc(C(=O)c2ccccc2C(=O)O[C@H]2C[C@@H](C)OC2=O)cc1. The zero-order valence-electron chi connectivity index (χ0n) is 14.0. The van der Waals surface area contributed by atoms with Crippen LogP contribution in [-0.4, -0.2) is 29.9 Å². The van der Waals surface area contributed by atoms with E-state index in [0.717, 1.165) is 5.56 Å². The predicted octanol–water partition coefficient (Wildman–Crippen LogP) is 3.09. The van der Waals surface area contributed by atoms with Gasteiger partial charge in [0.1, 0.15) is 6.10 Å². The maximum absolute atomic E-state index is 12.7. The standard InChI is InChI=1S/C20H18O5/c1-12-7-9-14(10-8-12)18(21)15-5-3-4-6-16(15)19(22)25-17-11-13(2)24-20(17)23/h3-10,13,17H,11H2,1-2H3/t13-,17+/m1/s1. The molecule has 2 aromatic rings. The van der Waals surface area contributed by atoms with Crippen molar-refractivity contribution in [1.82, 2.24) is 0 Å². The Hall–Kier alpha value is -2.95. The quantitative estimate of drug-likeness (QED) is 0.633. The third-order valence-corrected chi connectivity index (χ3v) is 4.08. The van der Waals surface area contributed by atoms with Crippen LogP contribution in [0, 0.1) is 6.92 Å². The topological polar surface area (TPSA) is 69.7 Å². The van der Waals surface area contributed by atoms with E-state index in [1.54, 1.807) is 37.3 Å². The van der Waals surface area contributed by atoms with Gasteiger partial charge in [-0.25, -0.2) is 9.59 Å². The second-order valence-corrected chi connectivity index (χ2v) is 6.12. The lowest BCUT2D eigenvalue weighted by Crippen LogP contribution is -2.24. The van der Waals surface area contributed by atoms with Crippen molar-refractivity contribution < 1.29 is 23.9 Å². The minimum Gasteiger partial charge on any atom is -0.460 e. The highest BCUT2D eigenvalue weighted by Crippen LogP contribution is 2.21. The van der Waals surface area contributed by atoms with Crippen LogP contribution < -0.4 is 0 Å². The van der Waals surface area contributed by atoms with Crippen LogP contribution >= 0.6 is 0 Å². The van der Waals surface area contributed by atoms with Crippen molar-refractivity contribution in [3.63, 3.8) is 0 Å². The highest BCUT2D eigenvalue weighted by Gasteiger charge is 2.35. The van der Waals surface area contributed by atoms with E-state index in [-0.39, 0.29) is 23.0 Å². The number of ketones is 1. The van der Waals surface area contributed by atoms with Gasteiger partial charge in [0.05, 0.1) is 5.56 Å². The minimum atomic E-state index is -0.926. The molecule has 0 spiro atoms. The molecule has 0 radical (unpaired) electrons. The van der Waals surface area contributed by atoms with Gasteiger partial charge in [0, 0.05) is 17.5 Å². The molecule has 1 saturated heterocycles. The maximum Gasteiger partial charge on any atom is 0.347 e. The normalized spacial score (nSPS) is 19.4. The molecule has 0 aliphatic carbocycles. The third-order valence-electron chi connectivity index (χ3n) is 4.08. The molecular formula is C20H18O5. The van der Waals surface area contributed by atoms with Crippen molar-refractivity contribution in [3.05, 3.63) is 70.8 Å². The molecule has 2 aromatic carbocycles. The lowest BCUT2D eigenvalue weighted by molar-refractivity contribution is -0.147. The molecule has 0 unspecified atom stereocenters. The second-order valence-electron chi connectivity index (χ2n) is 6.12. The summed E-state index contributed by atoms with van der Waals surface area (Å²) in [6.45, 7) is 3.67. The first kappa shape index (κ1) is 16.9. The summed E-state index contributed by atoms with van der Waals surface area (Å²) < 4.78 is 10.2. The van der Waals surface area contributed by atoms with Crippen LogP contribution in [0.25, 0.3) is 0 Å². The molecule has 1 heterocycles. The summed E-state index contributed by atoms with van der Waals surface area (Å²) in [6, 6.07) is 13.5. The minimum absolute atomic E-state index is 0.139. The van der Waals surface area contributed by atoms with Gasteiger partial charge in [-0.15, -0.1) is 0 Å². The molecule has 1 aliphatic heterocycles. The van der Waals surface area contributed by atoms with Crippen molar-refractivity contribution in [1.29, 1.82) is 0 Å². The number of carbonyl (C=O) groups excluding carboxylic acids is 3. The van der Waals surface area contributed by atoms with Gasteiger partial charge in [0.25, 0.3) is 0 Å². The van der Waals surface area contributed by atoms with E-state index in [2.05, 4.69) is 0 Å². The summed E-state index contributed by atoms with van der Waals surface area (Å²) in [5.41, 5.74) is 1.91. The van der Waals surface area contributed by atoms with Crippen LogP contribution in [0.2, 0.25) is 0 Å². The number of benzene rings is 2. The third kappa shape index (κ3) is 3.60. The van der Waals surface area contributed by atoms with E-state index in [1.165, 1.54) is 6.07 Å². The second kappa shape index (κ2) is 6.89. The Morgan fingerprint density at radius 2 is 1.68 bits per heavy atom. The molecular weight excluding hydrogens is 320 g/mol. The first-order valence-corrected chi connectivity index (χ1v) is 8.07. The van der Waals surface area contributed by atoms with E-state index in [9.17, 15) is 14.4 Å². The predicted molar refractivity (Wildman–Crippen MR) is 90.4 cm³/mol. The molecule has 0 bridgehead atoms. The number of cyclic esters (lactones) is 1. The van der Waals surface area contributed by atoms with Gasteiger partial charge in [-0.3, -0.25) is 4.79 Å². The van der Waals surface area contributed by atoms with Crippen LogP contribution in [0.5, 0.6) is 0 Å². The van der Waals surface area contributed by atoms with Crippen LogP contribution in [0.4, 0.5) is 0 Å². The fourth-order valence-corrected chi connectivity index (χ4v) is 2.73. The molecule has 1 fully saturated rings. The Morgan fingerprint density at radius 1 is 1.04 bits per heavy atom. The summed E-state index contributed by atoms with van der Waals surface area (Å²) >= 11 is 0. The van der Waals surface area contributed by atoms with Crippen molar-refractivity contribution in [2.75, 3.05) is 0 Å². The average Bonchev–Trinajstić information content (AvgIpc) is 2.92. The average molecular weight is 338 g/mol.